The predicted molar refractivity (Wildman–Crippen MR) is 70.7 cm³/mol. The molecule has 0 spiro atoms. The topological polar surface area (TPSA) is 54.7 Å². The minimum absolute atomic E-state index is 0.464. The molecule has 3 nitrogen and oxygen atoms in total. The molecule has 0 aliphatic rings. The van der Waals surface area contributed by atoms with Gasteiger partial charge in [-0.2, -0.15) is 0 Å². The van der Waals surface area contributed by atoms with E-state index in [0.29, 0.717) is 5.95 Å². The normalized spacial score (nSPS) is 10.9. The number of fused-ring (bicyclic) bond motifs is 1. The van der Waals surface area contributed by atoms with E-state index < -0.39 is 0 Å². The van der Waals surface area contributed by atoms with Crippen LogP contribution in [0.1, 0.15) is 5.69 Å². The molecule has 0 amide bonds. The van der Waals surface area contributed by atoms with Gasteiger partial charge in [0.05, 0.1) is 5.69 Å². The first-order valence-corrected chi connectivity index (χ1v) is 5.55. The molecule has 1 heterocycles. The number of aryl methyl sites for hydroxylation is 1. The summed E-state index contributed by atoms with van der Waals surface area (Å²) in [5.74, 6) is 0.464. The third kappa shape index (κ3) is 1.65. The van der Waals surface area contributed by atoms with Crippen molar-refractivity contribution in [2.24, 2.45) is 0 Å². The number of H-pyrrole nitrogens is 1. The zero-order valence-corrected chi connectivity index (χ0v) is 9.57. The first kappa shape index (κ1) is 9.90. The van der Waals surface area contributed by atoms with Crippen molar-refractivity contribution in [1.82, 2.24) is 9.97 Å². The van der Waals surface area contributed by atoms with Crippen LogP contribution in [0.3, 0.4) is 0 Å². The van der Waals surface area contributed by atoms with E-state index in [1.807, 2.05) is 19.1 Å². The SMILES string of the molecule is Cc1[nH]c(N)nc1-c1ccc2ccccc2c1. The van der Waals surface area contributed by atoms with Crippen molar-refractivity contribution < 1.29 is 0 Å². The lowest BCUT2D eigenvalue weighted by molar-refractivity contribution is 1.26. The van der Waals surface area contributed by atoms with Gasteiger partial charge < -0.3 is 10.7 Å². The molecule has 2 aromatic carbocycles. The molecule has 0 bridgehead atoms. The minimum atomic E-state index is 0.464. The maximum Gasteiger partial charge on any atom is 0.198 e. The van der Waals surface area contributed by atoms with Crippen LogP contribution in [0.2, 0.25) is 0 Å². The summed E-state index contributed by atoms with van der Waals surface area (Å²) >= 11 is 0. The van der Waals surface area contributed by atoms with Crippen LogP contribution >= 0.6 is 0 Å². The van der Waals surface area contributed by atoms with Gasteiger partial charge in [0.1, 0.15) is 0 Å². The third-order valence-corrected chi connectivity index (χ3v) is 2.93. The fourth-order valence-electron chi connectivity index (χ4n) is 2.10. The molecule has 0 saturated heterocycles. The van der Waals surface area contributed by atoms with Crippen LogP contribution in [0.4, 0.5) is 5.95 Å². The molecule has 0 fully saturated rings. The Labute approximate surface area is 99.3 Å². The van der Waals surface area contributed by atoms with E-state index in [1.54, 1.807) is 0 Å². The van der Waals surface area contributed by atoms with E-state index in [1.165, 1.54) is 10.8 Å². The number of rotatable bonds is 1. The molecular formula is C14H13N3. The summed E-state index contributed by atoms with van der Waals surface area (Å²) in [5, 5.41) is 2.45. The van der Waals surface area contributed by atoms with Gasteiger partial charge in [0.2, 0.25) is 0 Å². The molecule has 0 radical (unpaired) electrons. The molecule has 3 heteroatoms. The molecule has 0 unspecified atom stereocenters. The molecule has 17 heavy (non-hydrogen) atoms. The highest BCUT2D eigenvalue weighted by atomic mass is 15.0. The van der Waals surface area contributed by atoms with E-state index in [4.69, 9.17) is 5.73 Å². The number of nitrogen functional groups attached to an aromatic ring is 1. The van der Waals surface area contributed by atoms with Crippen LogP contribution in [0, 0.1) is 6.92 Å². The standard InChI is InChI=1S/C14H13N3/c1-9-13(17-14(15)16-9)12-7-6-10-4-2-3-5-11(10)8-12/h2-8H,1H3,(H3,15,16,17). The number of nitrogens with zero attached hydrogens (tertiary/aromatic N) is 1. The van der Waals surface area contributed by atoms with E-state index in [-0.39, 0.29) is 0 Å². The van der Waals surface area contributed by atoms with Crippen molar-refractivity contribution >= 4 is 16.7 Å². The quantitative estimate of drug-likeness (QED) is 0.666. The molecular weight excluding hydrogens is 210 g/mol. The monoisotopic (exact) mass is 223 g/mol. The molecule has 1 aromatic heterocycles. The number of aromatic nitrogens is 2. The summed E-state index contributed by atoms with van der Waals surface area (Å²) in [6.45, 7) is 1.98. The van der Waals surface area contributed by atoms with Gasteiger partial charge in [0.25, 0.3) is 0 Å². The van der Waals surface area contributed by atoms with Gasteiger partial charge in [0.15, 0.2) is 5.95 Å². The molecule has 0 saturated carbocycles. The Hall–Kier alpha value is -2.29. The Morgan fingerprint density at radius 1 is 1.06 bits per heavy atom. The summed E-state index contributed by atoms with van der Waals surface area (Å²) in [6.07, 6.45) is 0. The predicted octanol–water partition coefficient (Wildman–Crippen LogP) is 3.12. The lowest BCUT2D eigenvalue weighted by Crippen LogP contribution is -1.85. The van der Waals surface area contributed by atoms with Crippen molar-refractivity contribution in [1.29, 1.82) is 0 Å². The van der Waals surface area contributed by atoms with Crippen LogP contribution in [-0.2, 0) is 0 Å². The smallest absolute Gasteiger partial charge is 0.198 e. The van der Waals surface area contributed by atoms with Gasteiger partial charge in [-0.05, 0) is 23.8 Å². The maximum absolute atomic E-state index is 5.66. The Balaban J connectivity index is 2.21. The van der Waals surface area contributed by atoms with E-state index in [2.05, 4.69) is 40.3 Å². The second kappa shape index (κ2) is 3.63. The van der Waals surface area contributed by atoms with Crippen molar-refractivity contribution in [3.63, 3.8) is 0 Å². The highest BCUT2D eigenvalue weighted by Crippen LogP contribution is 2.25. The molecule has 3 aromatic rings. The fraction of sp³-hybridized carbons (Fsp3) is 0.0714. The maximum atomic E-state index is 5.66. The number of benzene rings is 2. The Morgan fingerprint density at radius 3 is 2.53 bits per heavy atom. The first-order chi connectivity index (χ1) is 8.24. The van der Waals surface area contributed by atoms with E-state index in [0.717, 1.165) is 17.0 Å². The number of hydrogen-bond donors (Lipinski definition) is 2. The lowest BCUT2D eigenvalue weighted by Gasteiger charge is -2.01. The second-order valence-electron chi connectivity index (χ2n) is 4.16. The third-order valence-electron chi connectivity index (χ3n) is 2.93. The number of anilines is 1. The Bertz CT molecular complexity index is 683. The average molecular weight is 223 g/mol. The number of imidazole rings is 1. The van der Waals surface area contributed by atoms with Crippen LogP contribution in [-0.4, -0.2) is 9.97 Å². The van der Waals surface area contributed by atoms with Crippen LogP contribution < -0.4 is 5.73 Å². The van der Waals surface area contributed by atoms with Gasteiger partial charge >= 0.3 is 0 Å². The summed E-state index contributed by atoms with van der Waals surface area (Å²) in [6, 6.07) is 14.6. The molecule has 84 valence electrons. The molecule has 3 rings (SSSR count). The van der Waals surface area contributed by atoms with Crippen LogP contribution in [0.25, 0.3) is 22.0 Å². The van der Waals surface area contributed by atoms with Gasteiger partial charge in [-0.15, -0.1) is 0 Å². The molecule has 0 aliphatic heterocycles. The van der Waals surface area contributed by atoms with Gasteiger partial charge in [-0.25, -0.2) is 4.98 Å². The number of nitrogens with two attached hydrogens (primary N) is 1. The second-order valence-corrected chi connectivity index (χ2v) is 4.16. The van der Waals surface area contributed by atoms with Crippen LogP contribution in [0.5, 0.6) is 0 Å². The number of aromatic amines is 1. The first-order valence-electron chi connectivity index (χ1n) is 5.55. The fourth-order valence-corrected chi connectivity index (χ4v) is 2.10. The van der Waals surface area contributed by atoms with Crippen molar-refractivity contribution in [2.75, 3.05) is 5.73 Å². The lowest BCUT2D eigenvalue weighted by atomic mass is 10.0. The highest BCUT2D eigenvalue weighted by Gasteiger charge is 2.07. The Morgan fingerprint density at radius 2 is 1.82 bits per heavy atom. The van der Waals surface area contributed by atoms with Crippen molar-refractivity contribution in [3.05, 3.63) is 48.2 Å². The summed E-state index contributed by atoms with van der Waals surface area (Å²) in [7, 11) is 0. The molecule has 0 atom stereocenters. The van der Waals surface area contributed by atoms with E-state index in [9.17, 15) is 0 Å². The van der Waals surface area contributed by atoms with Gasteiger partial charge in [-0.3, -0.25) is 0 Å². The van der Waals surface area contributed by atoms with Gasteiger partial charge in [0, 0.05) is 11.3 Å². The van der Waals surface area contributed by atoms with Crippen LogP contribution in [0.15, 0.2) is 42.5 Å². The van der Waals surface area contributed by atoms with Crippen molar-refractivity contribution in [2.45, 2.75) is 6.92 Å². The summed E-state index contributed by atoms with van der Waals surface area (Å²) in [5.41, 5.74) is 8.68. The highest BCUT2D eigenvalue weighted by molar-refractivity contribution is 5.87. The van der Waals surface area contributed by atoms with Gasteiger partial charge in [-0.1, -0.05) is 36.4 Å². The molecule has 0 aliphatic carbocycles. The zero-order chi connectivity index (χ0) is 11.8. The minimum Gasteiger partial charge on any atom is -0.369 e. The average Bonchev–Trinajstić information content (AvgIpc) is 2.68. The van der Waals surface area contributed by atoms with E-state index >= 15 is 0 Å². The Kier molecular flexibility index (Phi) is 2.11. The largest absolute Gasteiger partial charge is 0.369 e. The molecule has 3 N–H and O–H groups in total. The summed E-state index contributed by atoms with van der Waals surface area (Å²) in [4.78, 5) is 7.33. The van der Waals surface area contributed by atoms with Crippen molar-refractivity contribution in [3.8, 4) is 11.3 Å². The number of hydrogen-bond acceptors (Lipinski definition) is 2. The zero-order valence-electron chi connectivity index (χ0n) is 9.57. The number of nitrogens with one attached hydrogen (secondary N) is 1. The summed E-state index contributed by atoms with van der Waals surface area (Å²) < 4.78 is 0.